The molecule has 1 unspecified atom stereocenters. The van der Waals surface area contributed by atoms with Gasteiger partial charge in [0.2, 0.25) is 17.8 Å². The number of fused-ring (bicyclic) bond motifs is 3. The zero-order valence-corrected chi connectivity index (χ0v) is 79.0. The van der Waals surface area contributed by atoms with E-state index in [-0.39, 0.29) is 35.9 Å². The van der Waals surface area contributed by atoms with Crippen molar-refractivity contribution in [3.8, 4) is 17.2 Å². The number of rotatable bonds is 25. The Bertz CT molecular complexity index is 5560. The highest BCUT2D eigenvalue weighted by molar-refractivity contribution is 14.1. The van der Waals surface area contributed by atoms with Crippen LogP contribution in [-0.2, 0) is 41.8 Å². The SMILES string of the molecule is CC(C)(C)OC(=O)N(Cc1ccccc1Cl)c1ccc(C=O)c(F)n1.COc1cnc2[nH]cc(Cc3ccc(CCc4ccccc4Cl)nc3F)c2c1.COc1cnc2c(c1)c(C(O)c1ccc(N(Cc3ccccc3Cl)C(=O)OC(C)(C)C)nc1F)cn2[Si](C(C)C)(C(C)C)C(C)C.COc1cnc2c(c1)c(I)cn2[Si](C(C)C)(C(C)C)C(C)C. The number of hydrogen-bond acceptors (Lipinski definition) is 15. The van der Waals surface area contributed by atoms with Crippen molar-refractivity contribution < 1.29 is 56.3 Å². The maximum absolute atomic E-state index is 16.0. The molecule has 12 aromatic rings. The average Bonchev–Trinajstić information content (AvgIpc) is 1.60. The molecule has 0 fully saturated rings. The summed E-state index contributed by atoms with van der Waals surface area (Å²) in [5.74, 6) is -0.227. The van der Waals surface area contributed by atoms with Crippen LogP contribution in [0.4, 0.5) is 34.4 Å². The van der Waals surface area contributed by atoms with E-state index in [9.17, 15) is 28.3 Å². The third kappa shape index (κ3) is 22.3. The van der Waals surface area contributed by atoms with Gasteiger partial charge in [0.1, 0.15) is 63.1 Å². The molecule has 2 N–H and O–H groups in total. The van der Waals surface area contributed by atoms with Crippen molar-refractivity contribution in [1.29, 1.82) is 0 Å². The average molecular weight is 1860 g/mol. The molecule has 29 heteroatoms. The van der Waals surface area contributed by atoms with Crippen LogP contribution >= 0.6 is 57.4 Å². The van der Waals surface area contributed by atoms with Crippen molar-refractivity contribution in [3.63, 3.8) is 0 Å². The van der Waals surface area contributed by atoms with Crippen LogP contribution in [-0.4, -0.2) is 116 Å². The summed E-state index contributed by atoms with van der Waals surface area (Å²) in [7, 11) is 0.780. The number of ether oxygens (including phenoxy) is 5. The minimum absolute atomic E-state index is 0.00813. The van der Waals surface area contributed by atoms with E-state index in [0.29, 0.717) is 107 Å². The Morgan fingerprint density at radius 1 is 0.512 bits per heavy atom. The molecule has 0 aliphatic heterocycles. The van der Waals surface area contributed by atoms with E-state index in [1.807, 2.05) is 61.1 Å². The number of hydrogen-bond donors (Lipinski definition) is 2. The van der Waals surface area contributed by atoms with E-state index in [2.05, 4.69) is 151 Å². The predicted molar refractivity (Wildman–Crippen MR) is 492 cm³/mol. The molecule has 0 aliphatic rings. The number of amides is 2. The number of carbonyl (C=O) groups excluding carboxylic acids is 3. The molecule has 121 heavy (non-hydrogen) atoms. The third-order valence-electron chi connectivity index (χ3n) is 21.7. The molecule has 9 aromatic heterocycles. The minimum atomic E-state index is -2.31. The molecule has 0 saturated heterocycles. The number of methoxy groups -OCH3 is 3. The van der Waals surface area contributed by atoms with E-state index < -0.39 is 63.8 Å². The molecule has 644 valence electrons. The Balaban J connectivity index is 0.000000192. The fourth-order valence-corrected chi connectivity index (χ4v) is 31.1. The maximum Gasteiger partial charge on any atom is 0.416 e. The molecule has 0 saturated carbocycles. The monoisotopic (exact) mass is 1860 g/mol. The number of carbonyl (C=O) groups is 3. The van der Waals surface area contributed by atoms with Gasteiger partial charge in [-0.1, -0.05) is 179 Å². The predicted octanol–water partition coefficient (Wildman–Crippen LogP) is 24.7. The smallest absolute Gasteiger partial charge is 0.416 e. The highest BCUT2D eigenvalue weighted by Crippen LogP contribution is 2.48. The first-order valence-electron chi connectivity index (χ1n) is 40.2. The second kappa shape index (κ2) is 41.2. The Labute approximate surface area is 738 Å². The summed E-state index contributed by atoms with van der Waals surface area (Å²) in [6, 6.07) is 36.9. The van der Waals surface area contributed by atoms with Crippen LogP contribution < -0.4 is 24.0 Å². The number of nitrogens with one attached hydrogen (secondary N) is 1. The number of aromatic nitrogens is 9. The second-order valence-corrected chi connectivity index (χ2v) is 47.4. The maximum atomic E-state index is 16.0. The topological polar surface area (TPSA) is 227 Å². The Morgan fingerprint density at radius 3 is 1.38 bits per heavy atom. The lowest BCUT2D eigenvalue weighted by Crippen LogP contribution is -2.51. The lowest BCUT2D eigenvalue weighted by Gasteiger charge is -2.44. The van der Waals surface area contributed by atoms with E-state index in [1.54, 1.807) is 130 Å². The number of H-pyrrole nitrogens is 1. The van der Waals surface area contributed by atoms with Crippen LogP contribution in [0.25, 0.3) is 33.1 Å². The summed E-state index contributed by atoms with van der Waals surface area (Å²) in [6.45, 7) is 38.3. The van der Waals surface area contributed by atoms with Crippen molar-refractivity contribution in [2.75, 3.05) is 31.1 Å². The molecule has 0 aliphatic carbocycles. The molecule has 0 spiro atoms. The first kappa shape index (κ1) is 95.4. The summed E-state index contributed by atoms with van der Waals surface area (Å²) in [6.07, 6.45) is 10.7. The fraction of sp³-hybridized carbons (Fsp3) is 0.380. The third-order valence-corrected chi connectivity index (χ3v) is 37.1. The number of nitrogens with zero attached hydrogens (tertiary/aromatic N) is 10. The molecule has 0 bridgehead atoms. The molecular weight excluding hydrogens is 1750 g/mol. The quantitative estimate of drug-likeness (QED) is 0.0235. The molecule has 0 radical (unpaired) electrons. The largest absolute Gasteiger partial charge is 0.495 e. The lowest BCUT2D eigenvalue weighted by molar-refractivity contribution is 0.0565. The summed E-state index contributed by atoms with van der Waals surface area (Å²) < 4.78 is 77.7. The van der Waals surface area contributed by atoms with E-state index in [4.69, 9.17) is 68.5 Å². The minimum Gasteiger partial charge on any atom is -0.495 e. The Kier molecular flexibility index (Phi) is 32.5. The fourth-order valence-electron chi connectivity index (χ4n) is 16.4. The molecule has 9 heterocycles. The number of aliphatic hydroxyl groups excluding tert-OH is 1. The van der Waals surface area contributed by atoms with Gasteiger partial charge in [0.15, 0.2) is 22.8 Å². The number of anilines is 2. The van der Waals surface area contributed by atoms with Gasteiger partial charge in [-0.2, -0.15) is 13.2 Å². The number of halogens is 7. The standard InChI is InChI=1S/C35H46ClFN4O4Si.C22H19ClFN3O.C18H18ClFN2O3.C17H27IN2OSi/c1-21(2)46(22(3)4,23(5)6)41-20-28(27-17-25(44-10)18-38-33(27)41)31(42)26-15-16-30(39-32(26)37)40(34(43)45-35(7,8)9)19-24-13-11-12-14-29(24)36;1-28-18-11-19-16(12-25-22(19)26-13-18)10-15-7-9-17(27-21(15)24)8-6-14-4-2-3-5-20(14)23;1-18(2,3)25-17(24)22(10-12-6-4-5-7-14(12)19)15-9-8-13(11-23)16(20)21-15;1-11(2)22(12(3)4,13(5)6)20-10-16(18)15-8-14(21-7)9-19-17(15)20/h11-18,20-23,31,42H,19H2,1-10H3;2-5,7,9,11-13H,6,8,10H2,1H3,(H,25,26);4-9,11H,10H2,1-3H3;8-13H,1-7H3. The summed E-state index contributed by atoms with van der Waals surface area (Å²) in [5, 5.41) is 16.3. The van der Waals surface area contributed by atoms with Crippen LogP contribution in [0.2, 0.25) is 48.3 Å². The van der Waals surface area contributed by atoms with Crippen LogP contribution in [0.5, 0.6) is 17.2 Å². The van der Waals surface area contributed by atoms with Crippen molar-refractivity contribution in [3.05, 3.63) is 251 Å². The van der Waals surface area contributed by atoms with Crippen molar-refractivity contribution in [2.45, 2.75) is 208 Å². The van der Waals surface area contributed by atoms with Gasteiger partial charge < -0.3 is 42.2 Å². The van der Waals surface area contributed by atoms with E-state index >= 15 is 4.39 Å². The van der Waals surface area contributed by atoms with Crippen LogP contribution in [0.3, 0.4) is 0 Å². The molecule has 2 amide bonds. The molecule has 1 atom stereocenters. The molecule has 3 aromatic carbocycles. The highest BCUT2D eigenvalue weighted by Gasteiger charge is 2.48. The number of aryl methyl sites for hydroxylation is 2. The summed E-state index contributed by atoms with van der Waals surface area (Å²) >= 11 is 21.2. The van der Waals surface area contributed by atoms with Crippen molar-refractivity contribution >= 4 is 137 Å². The first-order valence-corrected chi connectivity index (χ1v) is 46.8. The number of benzene rings is 3. The van der Waals surface area contributed by atoms with Crippen LogP contribution in [0.15, 0.2) is 165 Å². The number of aldehydes is 1. The van der Waals surface area contributed by atoms with E-state index in [1.165, 1.54) is 43.0 Å². The highest BCUT2D eigenvalue weighted by atomic mass is 127. The van der Waals surface area contributed by atoms with Gasteiger partial charge in [0.25, 0.3) is 0 Å². The van der Waals surface area contributed by atoms with Crippen LogP contribution in [0, 0.1) is 21.4 Å². The Hall–Kier alpha value is -9.43. The molecular formula is C92H110Cl3F3IN11O9Si2. The number of aromatic amines is 1. The van der Waals surface area contributed by atoms with Crippen LogP contribution in [0.1, 0.15) is 186 Å². The second-order valence-electron chi connectivity index (χ2n) is 33.5. The van der Waals surface area contributed by atoms with Gasteiger partial charge in [0.05, 0.1) is 58.6 Å². The van der Waals surface area contributed by atoms with Gasteiger partial charge in [0, 0.05) is 82.2 Å². The van der Waals surface area contributed by atoms with Gasteiger partial charge in [-0.15, -0.1) is 0 Å². The Morgan fingerprint density at radius 2 is 0.942 bits per heavy atom. The number of aliphatic hydroxyl groups is 1. The summed E-state index contributed by atoms with van der Waals surface area (Å²) in [5.41, 5.74) is 8.92. The first-order chi connectivity index (χ1) is 57.1. The van der Waals surface area contributed by atoms with Gasteiger partial charge in [-0.25, -0.2) is 39.5 Å². The van der Waals surface area contributed by atoms with Gasteiger partial charge >= 0.3 is 12.2 Å². The zero-order valence-electron chi connectivity index (χ0n) is 72.6. The van der Waals surface area contributed by atoms with Gasteiger partial charge in [-0.05, 0) is 199 Å². The van der Waals surface area contributed by atoms with E-state index in [0.717, 1.165) is 50.6 Å². The molecule has 20 nitrogen and oxygen atoms in total. The molecule has 12 rings (SSSR count). The number of pyridine rings is 6. The summed E-state index contributed by atoms with van der Waals surface area (Å²) in [4.78, 5) is 68.1. The zero-order chi connectivity index (χ0) is 88.9. The normalized spacial score (nSPS) is 12.2. The van der Waals surface area contributed by atoms with Gasteiger partial charge in [-0.3, -0.25) is 14.6 Å². The van der Waals surface area contributed by atoms with Crippen molar-refractivity contribution in [2.24, 2.45) is 0 Å². The lowest BCUT2D eigenvalue weighted by atomic mass is 10.0. The van der Waals surface area contributed by atoms with Crippen molar-refractivity contribution in [1.82, 2.24) is 43.4 Å².